The Morgan fingerprint density at radius 1 is 0.629 bits per heavy atom. The summed E-state index contributed by atoms with van der Waals surface area (Å²) in [5.74, 6) is 0. The largest absolute Gasteiger partial charge is 0.311 e. The van der Waals surface area contributed by atoms with E-state index in [4.69, 9.17) is 6.57 Å². The van der Waals surface area contributed by atoms with Crippen molar-refractivity contribution in [3.63, 3.8) is 0 Å². The molecule has 0 saturated carbocycles. The number of rotatable bonds is 5. The van der Waals surface area contributed by atoms with Crippen LogP contribution in [-0.4, -0.2) is 0 Å². The number of nitrogens with zero attached hydrogens (tertiary/aromatic N) is 3. The molecule has 0 radical (unpaired) electrons. The minimum Gasteiger partial charge on any atom is -0.311 e. The van der Waals surface area contributed by atoms with Gasteiger partial charge in [-0.2, -0.15) is 5.26 Å². The molecule has 5 aromatic carbocycles. The molecule has 0 unspecified atom stereocenters. The number of benzene rings is 5. The molecule has 0 N–H and O–H groups in total. The van der Waals surface area contributed by atoms with Crippen molar-refractivity contribution in [3.05, 3.63) is 143 Å². The summed E-state index contributed by atoms with van der Waals surface area (Å²) in [6, 6.07) is 40.6. The van der Waals surface area contributed by atoms with Crippen molar-refractivity contribution in [3.8, 4) is 6.07 Å². The summed E-state index contributed by atoms with van der Waals surface area (Å²) in [5.41, 5.74) is 6.33. The number of anilines is 3. The fraction of sp³-hybridized carbons (Fsp3) is 0. The number of fused-ring (bicyclic) bond motifs is 1. The van der Waals surface area contributed by atoms with Gasteiger partial charge in [-0.05, 0) is 64.4 Å². The average Bonchev–Trinajstić information content (AvgIpc) is 2.93. The first-order valence-electron chi connectivity index (χ1n) is 11.3. The van der Waals surface area contributed by atoms with Gasteiger partial charge in [0.25, 0.3) is 0 Å². The maximum absolute atomic E-state index is 9.62. The van der Waals surface area contributed by atoms with E-state index >= 15 is 0 Å². The molecule has 0 bridgehead atoms. The SMILES string of the molecule is [C-]#[N+]c1cccc2c(C#N)cc(/C=C\c3ccc(N(c4ccccc4)c4ccccc4)cc3)cc12. The van der Waals surface area contributed by atoms with E-state index in [1.807, 2.05) is 72.8 Å². The molecule has 0 fully saturated rings. The van der Waals surface area contributed by atoms with Crippen molar-refractivity contribution in [1.82, 2.24) is 0 Å². The number of hydrogen-bond donors (Lipinski definition) is 0. The molecule has 5 aromatic rings. The second-order valence-corrected chi connectivity index (χ2v) is 8.10. The smallest absolute Gasteiger partial charge is 0.194 e. The zero-order valence-electron chi connectivity index (χ0n) is 19.0. The van der Waals surface area contributed by atoms with Crippen LogP contribution >= 0.6 is 0 Å². The lowest BCUT2D eigenvalue weighted by atomic mass is 9.99. The van der Waals surface area contributed by atoms with E-state index in [2.05, 4.69) is 64.3 Å². The van der Waals surface area contributed by atoms with Crippen molar-refractivity contribution in [1.29, 1.82) is 5.26 Å². The summed E-state index contributed by atoms with van der Waals surface area (Å²) < 4.78 is 0. The molecule has 0 amide bonds. The van der Waals surface area contributed by atoms with E-state index < -0.39 is 0 Å². The van der Waals surface area contributed by atoms with Gasteiger partial charge in [-0.25, -0.2) is 4.85 Å². The Labute approximate surface area is 205 Å². The van der Waals surface area contributed by atoms with Crippen LogP contribution in [0.25, 0.3) is 27.8 Å². The summed E-state index contributed by atoms with van der Waals surface area (Å²) in [5, 5.41) is 11.2. The van der Waals surface area contributed by atoms with Crippen LogP contribution in [0.15, 0.2) is 115 Å². The Morgan fingerprint density at radius 2 is 1.23 bits per heavy atom. The van der Waals surface area contributed by atoms with Crippen molar-refractivity contribution >= 4 is 45.7 Å². The van der Waals surface area contributed by atoms with E-state index in [0.717, 1.165) is 39.0 Å². The molecule has 3 nitrogen and oxygen atoms in total. The fourth-order valence-electron chi connectivity index (χ4n) is 4.21. The normalized spacial score (nSPS) is 10.7. The van der Waals surface area contributed by atoms with Crippen molar-refractivity contribution in [2.75, 3.05) is 4.90 Å². The van der Waals surface area contributed by atoms with Gasteiger partial charge in [0.15, 0.2) is 5.69 Å². The average molecular weight is 448 g/mol. The van der Waals surface area contributed by atoms with Crippen LogP contribution in [0.5, 0.6) is 0 Å². The van der Waals surface area contributed by atoms with Crippen LogP contribution in [-0.2, 0) is 0 Å². The van der Waals surface area contributed by atoms with Gasteiger partial charge >= 0.3 is 0 Å². The number of nitriles is 1. The van der Waals surface area contributed by atoms with Crippen LogP contribution in [0.3, 0.4) is 0 Å². The predicted molar refractivity (Wildman–Crippen MR) is 145 cm³/mol. The maximum atomic E-state index is 9.62. The summed E-state index contributed by atoms with van der Waals surface area (Å²) >= 11 is 0. The zero-order valence-corrected chi connectivity index (χ0v) is 19.0. The molecular formula is C32H21N3. The van der Waals surface area contributed by atoms with Crippen molar-refractivity contribution in [2.45, 2.75) is 0 Å². The highest BCUT2D eigenvalue weighted by atomic mass is 15.1. The minimum absolute atomic E-state index is 0.556. The highest BCUT2D eigenvalue weighted by molar-refractivity contribution is 5.99. The Hall–Kier alpha value is -5.12. The van der Waals surface area contributed by atoms with Gasteiger partial charge in [-0.3, -0.25) is 0 Å². The third-order valence-corrected chi connectivity index (χ3v) is 5.88. The van der Waals surface area contributed by atoms with Crippen LogP contribution in [0, 0.1) is 17.9 Å². The first-order valence-corrected chi connectivity index (χ1v) is 11.3. The molecule has 0 saturated heterocycles. The fourth-order valence-corrected chi connectivity index (χ4v) is 4.21. The third kappa shape index (κ3) is 4.53. The van der Waals surface area contributed by atoms with Crippen LogP contribution in [0.1, 0.15) is 16.7 Å². The highest BCUT2D eigenvalue weighted by Crippen LogP contribution is 2.34. The molecule has 0 heterocycles. The Morgan fingerprint density at radius 3 is 1.83 bits per heavy atom. The van der Waals surface area contributed by atoms with E-state index in [1.165, 1.54) is 0 Å². The van der Waals surface area contributed by atoms with Crippen LogP contribution in [0.4, 0.5) is 22.7 Å². The summed E-state index contributed by atoms with van der Waals surface area (Å²) in [6.07, 6.45) is 4.02. The summed E-state index contributed by atoms with van der Waals surface area (Å²) in [6.45, 7) is 7.46. The van der Waals surface area contributed by atoms with Gasteiger partial charge in [0.05, 0.1) is 18.2 Å². The van der Waals surface area contributed by atoms with Gasteiger partial charge in [0.2, 0.25) is 0 Å². The molecule has 164 valence electrons. The molecule has 0 aliphatic heterocycles. The lowest BCUT2D eigenvalue weighted by molar-refractivity contribution is 1.28. The van der Waals surface area contributed by atoms with Gasteiger partial charge in [-0.1, -0.05) is 84.9 Å². The molecule has 3 heteroatoms. The first-order chi connectivity index (χ1) is 17.3. The summed E-state index contributed by atoms with van der Waals surface area (Å²) in [7, 11) is 0. The summed E-state index contributed by atoms with van der Waals surface area (Å²) in [4.78, 5) is 5.85. The first kappa shape index (κ1) is 21.7. The minimum atomic E-state index is 0.556. The Bertz CT molecular complexity index is 1550. The molecule has 0 aliphatic carbocycles. The molecule has 0 aliphatic rings. The second kappa shape index (κ2) is 9.79. The van der Waals surface area contributed by atoms with E-state index in [-0.39, 0.29) is 0 Å². The molecule has 0 spiro atoms. The lowest BCUT2D eigenvalue weighted by Crippen LogP contribution is -2.09. The monoisotopic (exact) mass is 447 g/mol. The molecule has 0 aromatic heterocycles. The van der Waals surface area contributed by atoms with Crippen molar-refractivity contribution in [2.24, 2.45) is 0 Å². The van der Waals surface area contributed by atoms with E-state index in [9.17, 15) is 5.26 Å². The van der Waals surface area contributed by atoms with Crippen LogP contribution < -0.4 is 4.90 Å². The zero-order chi connectivity index (χ0) is 24.0. The van der Waals surface area contributed by atoms with Crippen LogP contribution in [0.2, 0.25) is 0 Å². The molecule has 35 heavy (non-hydrogen) atoms. The second-order valence-electron chi connectivity index (χ2n) is 8.10. The number of hydrogen-bond acceptors (Lipinski definition) is 2. The Kier molecular flexibility index (Phi) is 6.07. The van der Waals surface area contributed by atoms with Crippen molar-refractivity contribution < 1.29 is 0 Å². The quantitative estimate of drug-likeness (QED) is 0.199. The third-order valence-electron chi connectivity index (χ3n) is 5.88. The van der Waals surface area contributed by atoms with E-state index in [0.29, 0.717) is 11.3 Å². The molecular weight excluding hydrogens is 426 g/mol. The standard InChI is InChI=1S/C32H21N3/c1-34-32-14-8-13-30-26(23-33)21-25(22-31(30)32)16-15-24-17-19-29(20-18-24)35(27-9-4-2-5-10-27)28-11-6-3-7-12-28/h2-22H/b16-15-. The van der Waals surface area contributed by atoms with Gasteiger partial charge < -0.3 is 4.90 Å². The van der Waals surface area contributed by atoms with Gasteiger partial charge in [0.1, 0.15) is 0 Å². The van der Waals surface area contributed by atoms with Gasteiger partial charge in [0, 0.05) is 17.1 Å². The molecule has 5 rings (SSSR count). The predicted octanol–water partition coefficient (Wildman–Crippen LogP) is 8.90. The lowest BCUT2D eigenvalue weighted by Gasteiger charge is -2.25. The highest BCUT2D eigenvalue weighted by Gasteiger charge is 2.11. The number of para-hydroxylation sites is 2. The maximum Gasteiger partial charge on any atom is 0.194 e. The molecule has 0 atom stereocenters. The van der Waals surface area contributed by atoms with Gasteiger partial charge in [-0.15, -0.1) is 0 Å². The topological polar surface area (TPSA) is 31.4 Å². The Balaban J connectivity index is 1.47. The van der Waals surface area contributed by atoms with E-state index in [1.54, 1.807) is 6.07 Å².